The molecule has 1 heterocycles. The lowest BCUT2D eigenvalue weighted by Crippen LogP contribution is -2.07. The molecule has 0 aliphatic heterocycles. The fraction of sp³-hybridized carbons (Fsp3) is 0.357. The van der Waals surface area contributed by atoms with E-state index in [1.165, 1.54) is 12.1 Å². The van der Waals surface area contributed by atoms with E-state index in [4.69, 9.17) is 5.73 Å². The van der Waals surface area contributed by atoms with E-state index < -0.39 is 16.6 Å². The molecule has 0 radical (unpaired) electrons. The number of aryl methyl sites for hydroxylation is 2. The topological polar surface area (TPSA) is 60.9 Å². The van der Waals surface area contributed by atoms with E-state index in [1.807, 2.05) is 18.5 Å². The van der Waals surface area contributed by atoms with Gasteiger partial charge in [0.15, 0.2) is 0 Å². The summed E-state index contributed by atoms with van der Waals surface area (Å²) in [4.78, 5) is 0.426. The van der Waals surface area contributed by atoms with Gasteiger partial charge in [0.1, 0.15) is 5.82 Å². The van der Waals surface area contributed by atoms with Crippen molar-refractivity contribution in [2.24, 2.45) is 0 Å². The van der Waals surface area contributed by atoms with Gasteiger partial charge < -0.3 is 5.73 Å². The largest absolute Gasteiger partial charge is 0.396 e. The van der Waals surface area contributed by atoms with Crippen LogP contribution < -0.4 is 5.73 Å². The van der Waals surface area contributed by atoms with Gasteiger partial charge in [0.05, 0.1) is 38.1 Å². The Balaban J connectivity index is 2.31. The molecule has 0 spiro atoms. The molecule has 1 aromatic carbocycles. The van der Waals surface area contributed by atoms with Crippen LogP contribution in [0.1, 0.15) is 25.2 Å². The predicted molar refractivity (Wildman–Crippen MR) is 85.9 cm³/mol. The Labute approximate surface area is 134 Å². The zero-order valence-electron chi connectivity index (χ0n) is 11.9. The number of halogens is 2. The summed E-state index contributed by atoms with van der Waals surface area (Å²) in [7, 11) is -1.35. The second kappa shape index (κ2) is 6.70. The monoisotopic (exact) mass is 373 g/mol. The summed E-state index contributed by atoms with van der Waals surface area (Å²) in [6, 6.07) is 4.26. The molecule has 2 rings (SSSR count). The number of anilines is 1. The number of nitrogens with two attached hydrogens (primary N) is 1. The molecule has 0 bridgehead atoms. The summed E-state index contributed by atoms with van der Waals surface area (Å²) in [6.45, 7) is 4.69. The highest BCUT2D eigenvalue weighted by atomic mass is 79.9. The first-order valence-corrected chi connectivity index (χ1v) is 8.76. The molecule has 0 saturated carbocycles. The van der Waals surface area contributed by atoms with Crippen molar-refractivity contribution >= 4 is 32.4 Å². The number of aromatic nitrogens is 2. The van der Waals surface area contributed by atoms with Crippen LogP contribution in [0.25, 0.3) is 0 Å². The van der Waals surface area contributed by atoms with Crippen molar-refractivity contribution < 1.29 is 8.60 Å². The van der Waals surface area contributed by atoms with E-state index in [2.05, 4.69) is 21.0 Å². The minimum atomic E-state index is -1.35. The highest BCUT2D eigenvalue weighted by molar-refractivity contribution is 9.10. The molecule has 2 N–H and O–H groups in total. The van der Waals surface area contributed by atoms with Crippen LogP contribution in [0, 0.1) is 5.82 Å². The second-order valence-corrected chi connectivity index (χ2v) is 6.79. The Morgan fingerprint density at radius 3 is 2.71 bits per heavy atom. The zero-order valence-corrected chi connectivity index (χ0v) is 14.3. The van der Waals surface area contributed by atoms with Crippen LogP contribution >= 0.6 is 15.9 Å². The lowest BCUT2D eigenvalue weighted by atomic mass is 10.3. The van der Waals surface area contributed by atoms with Gasteiger partial charge >= 0.3 is 0 Å². The molecule has 0 aliphatic carbocycles. The van der Waals surface area contributed by atoms with E-state index in [1.54, 1.807) is 6.07 Å². The van der Waals surface area contributed by atoms with Gasteiger partial charge in [-0.25, -0.2) is 4.39 Å². The lowest BCUT2D eigenvalue weighted by molar-refractivity contribution is 0.620. The van der Waals surface area contributed by atoms with E-state index in [-0.39, 0.29) is 11.4 Å². The first-order chi connectivity index (χ1) is 9.97. The molecule has 0 aliphatic rings. The predicted octanol–water partition coefficient (Wildman–Crippen LogP) is 3.26. The van der Waals surface area contributed by atoms with Crippen LogP contribution in [0.4, 0.5) is 10.1 Å². The van der Waals surface area contributed by atoms with Gasteiger partial charge in [0, 0.05) is 11.4 Å². The summed E-state index contributed by atoms with van der Waals surface area (Å²) in [5, 5.41) is 4.47. The van der Waals surface area contributed by atoms with Crippen molar-refractivity contribution in [3.8, 4) is 0 Å². The molecular weight excluding hydrogens is 357 g/mol. The van der Waals surface area contributed by atoms with Gasteiger partial charge in [-0.1, -0.05) is 6.92 Å². The molecule has 4 nitrogen and oxygen atoms in total. The van der Waals surface area contributed by atoms with Crippen molar-refractivity contribution in [1.29, 1.82) is 0 Å². The Morgan fingerprint density at radius 1 is 1.43 bits per heavy atom. The molecule has 114 valence electrons. The Kier molecular flexibility index (Phi) is 5.16. The number of hydrogen-bond acceptors (Lipinski definition) is 3. The molecule has 0 saturated heterocycles. The molecule has 1 aromatic heterocycles. The van der Waals surface area contributed by atoms with Gasteiger partial charge in [0.2, 0.25) is 0 Å². The van der Waals surface area contributed by atoms with Gasteiger partial charge in [-0.15, -0.1) is 0 Å². The number of benzene rings is 1. The third-order valence-electron chi connectivity index (χ3n) is 3.20. The first kappa shape index (κ1) is 16.2. The fourth-order valence-corrected chi connectivity index (χ4v) is 4.07. The molecule has 0 fully saturated rings. The number of hydrogen-bond donors (Lipinski definition) is 1. The van der Waals surface area contributed by atoms with Gasteiger partial charge in [-0.2, -0.15) is 5.10 Å². The quantitative estimate of drug-likeness (QED) is 0.818. The first-order valence-electron chi connectivity index (χ1n) is 6.65. The normalized spacial score (nSPS) is 12.6. The number of rotatable bonds is 5. The highest BCUT2D eigenvalue weighted by Crippen LogP contribution is 2.25. The standard InChI is InChI=1S/C14H17BrFN3OS/c1-3-12-14(15)13(19(4-2)18-12)8-21(20)9-5-6-11(17)10(16)7-9/h5-7H,3-4,8,17H2,1-2H3. The second-order valence-electron chi connectivity index (χ2n) is 4.55. The van der Waals surface area contributed by atoms with Crippen LogP contribution in [-0.2, 0) is 29.5 Å². The average Bonchev–Trinajstić information content (AvgIpc) is 2.78. The van der Waals surface area contributed by atoms with E-state index in [0.29, 0.717) is 11.4 Å². The van der Waals surface area contributed by atoms with Crippen LogP contribution in [0.3, 0.4) is 0 Å². The smallest absolute Gasteiger partial charge is 0.147 e. The van der Waals surface area contributed by atoms with Crippen LogP contribution in [0.2, 0.25) is 0 Å². The van der Waals surface area contributed by atoms with Crippen LogP contribution in [-0.4, -0.2) is 14.0 Å². The zero-order chi connectivity index (χ0) is 15.6. The summed E-state index contributed by atoms with van der Waals surface area (Å²) in [6.07, 6.45) is 0.795. The Morgan fingerprint density at radius 2 is 2.14 bits per heavy atom. The summed E-state index contributed by atoms with van der Waals surface area (Å²) in [5.74, 6) is -0.261. The molecule has 2 aromatic rings. The van der Waals surface area contributed by atoms with Gasteiger partial charge in [0.25, 0.3) is 0 Å². The number of nitrogens with zero attached hydrogens (tertiary/aromatic N) is 2. The SMILES string of the molecule is CCc1nn(CC)c(CS(=O)c2ccc(N)c(F)c2)c1Br. The van der Waals surface area contributed by atoms with E-state index >= 15 is 0 Å². The summed E-state index contributed by atoms with van der Waals surface area (Å²) >= 11 is 3.52. The average molecular weight is 374 g/mol. The molecule has 0 amide bonds. The maximum atomic E-state index is 13.5. The maximum Gasteiger partial charge on any atom is 0.147 e. The van der Waals surface area contributed by atoms with Crippen LogP contribution in [0.5, 0.6) is 0 Å². The minimum absolute atomic E-state index is 0.0591. The molecule has 7 heteroatoms. The van der Waals surface area contributed by atoms with E-state index in [9.17, 15) is 8.60 Å². The molecule has 21 heavy (non-hydrogen) atoms. The molecular formula is C14H17BrFN3OS. The van der Waals surface area contributed by atoms with Crippen LogP contribution in [0.15, 0.2) is 27.6 Å². The van der Waals surface area contributed by atoms with Crippen molar-refractivity contribution in [2.75, 3.05) is 5.73 Å². The lowest BCUT2D eigenvalue weighted by Gasteiger charge is -2.07. The maximum absolute atomic E-state index is 13.5. The summed E-state index contributed by atoms with van der Waals surface area (Å²) in [5.41, 5.74) is 7.30. The van der Waals surface area contributed by atoms with E-state index in [0.717, 1.165) is 22.3 Å². The molecule has 1 atom stereocenters. The van der Waals surface area contributed by atoms with Gasteiger partial charge in [-0.3, -0.25) is 8.89 Å². The fourth-order valence-electron chi connectivity index (χ4n) is 2.01. The third kappa shape index (κ3) is 3.35. The van der Waals surface area contributed by atoms with Gasteiger partial charge in [-0.05, 0) is 47.5 Å². The van der Waals surface area contributed by atoms with Crippen molar-refractivity contribution in [1.82, 2.24) is 9.78 Å². The van der Waals surface area contributed by atoms with Crippen molar-refractivity contribution in [3.05, 3.63) is 39.9 Å². The third-order valence-corrected chi connectivity index (χ3v) is 5.43. The Bertz CT molecular complexity index is 687. The highest BCUT2D eigenvalue weighted by Gasteiger charge is 2.17. The minimum Gasteiger partial charge on any atom is -0.396 e. The molecule has 1 unspecified atom stereocenters. The van der Waals surface area contributed by atoms with Crippen molar-refractivity contribution in [3.63, 3.8) is 0 Å². The van der Waals surface area contributed by atoms with Crippen molar-refractivity contribution in [2.45, 2.75) is 37.5 Å². The number of nitrogen functional groups attached to an aromatic ring is 1. The Hall–Kier alpha value is -1.21. The summed E-state index contributed by atoms with van der Waals surface area (Å²) < 4.78 is 28.6.